The Morgan fingerprint density at radius 2 is 1.24 bits per heavy atom. The molecule has 0 aliphatic carbocycles. The molecule has 1 N–H and O–H groups in total. The van der Waals surface area contributed by atoms with E-state index in [2.05, 4.69) is 21.2 Å². The van der Waals surface area contributed by atoms with Gasteiger partial charge in [0.15, 0.2) is 0 Å². The van der Waals surface area contributed by atoms with Crippen LogP contribution in [0.25, 0.3) is 0 Å². The SMILES string of the molecule is O=C(Nc1ccc(Br)cc1)C(Oc1ccccc1)Oc1ccccc1. The molecule has 4 nitrogen and oxygen atoms in total. The Morgan fingerprint density at radius 1 is 0.760 bits per heavy atom. The number of anilines is 1. The second-order valence-electron chi connectivity index (χ2n) is 5.19. The zero-order valence-electron chi connectivity index (χ0n) is 13.3. The molecule has 0 atom stereocenters. The fourth-order valence-corrected chi connectivity index (χ4v) is 2.38. The van der Waals surface area contributed by atoms with Crippen LogP contribution < -0.4 is 14.8 Å². The van der Waals surface area contributed by atoms with Gasteiger partial charge in [-0.05, 0) is 48.5 Å². The van der Waals surface area contributed by atoms with Crippen molar-refractivity contribution in [3.63, 3.8) is 0 Å². The van der Waals surface area contributed by atoms with E-state index in [1.54, 1.807) is 36.4 Å². The fourth-order valence-electron chi connectivity index (χ4n) is 2.11. The first-order chi connectivity index (χ1) is 12.2. The van der Waals surface area contributed by atoms with Crippen molar-refractivity contribution in [3.05, 3.63) is 89.4 Å². The lowest BCUT2D eigenvalue weighted by Crippen LogP contribution is -2.38. The van der Waals surface area contributed by atoms with E-state index in [1.807, 2.05) is 48.5 Å². The normalized spacial score (nSPS) is 10.3. The molecule has 0 saturated carbocycles. The topological polar surface area (TPSA) is 47.6 Å². The quantitative estimate of drug-likeness (QED) is 0.603. The van der Waals surface area contributed by atoms with E-state index < -0.39 is 12.2 Å². The van der Waals surface area contributed by atoms with Gasteiger partial charge in [0.05, 0.1) is 0 Å². The highest BCUT2D eigenvalue weighted by Gasteiger charge is 2.23. The second kappa shape index (κ2) is 8.35. The van der Waals surface area contributed by atoms with E-state index in [9.17, 15) is 4.79 Å². The molecule has 0 fully saturated rings. The first-order valence-electron chi connectivity index (χ1n) is 7.70. The van der Waals surface area contributed by atoms with Crippen LogP contribution in [-0.2, 0) is 4.79 Å². The number of rotatable bonds is 6. The van der Waals surface area contributed by atoms with Crippen LogP contribution in [0.4, 0.5) is 5.69 Å². The Hall–Kier alpha value is -2.79. The van der Waals surface area contributed by atoms with Crippen LogP contribution >= 0.6 is 15.9 Å². The number of hydrogen-bond donors (Lipinski definition) is 1. The molecular formula is C20H16BrNO3. The van der Waals surface area contributed by atoms with Crippen molar-refractivity contribution < 1.29 is 14.3 Å². The van der Waals surface area contributed by atoms with Crippen molar-refractivity contribution >= 4 is 27.5 Å². The number of ether oxygens (including phenoxy) is 2. The summed E-state index contributed by atoms with van der Waals surface area (Å²) in [5.74, 6) is 0.707. The Bertz CT molecular complexity index is 766. The first kappa shape index (κ1) is 17.0. The van der Waals surface area contributed by atoms with Crippen LogP contribution in [0.1, 0.15) is 0 Å². The number of halogens is 1. The van der Waals surface area contributed by atoms with Gasteiger partial charge in [-0.25, -0.2) is 0 Å². The average Bonchev–Trinajstić information content (AvgIpc) is 2.65. The molecule has 1 amide bonds. The summed E-state index contributed by atoms with van der Waals surface area (Å²) in [6, 6.07) is 25.5. The van der Waals surface area contributed by atoms with Crippen molar-refractivity contribution in [2.75, 3.05) is 5.32 Å². The molecular weight excluding hydrogens is 382 g/mol. The molecule has 0 spiro atoms. The van der Waals surface area contributed by atoms with Gasteiger partial charge < -0.3 is 14.8 Å². The highest BCUT2D eigenvalue weighted by Crippen LogP contribution is 2.18. The van der Waals surface area contributed by atoms with Crippen molar-refractivity contribution in [1.82, 2.24) is 0 Å². The number of hydrogen-bond acceptors (Lipinski definition) is 3. The van der Waals surface area contributed by atoms with E-state index in [0.29, 0.717) is 17.2 Å². The minimum absolute atomic E-state index is 0.393. The minimum Gasteiger partial charge on any atom is -0.446 e. The van der Waals surface area contributed by atoms with Gasteiger partial charge in [0.1, 0.15) is 11.5 Å². The van der Waals surface area contributed by atoms with Crippen LogP contribution in [0.2, 0.25) is 0 Å². The zero-order valence-corrected chi connectivity index (χ0v) is 14.8. The predicted octanol–water partition coefficient (Wildman–Crippen LogP) is 4.87. The highest BCUT2D eigenvalue weighted by molar-refractivity contribution is 9.10. The van der Waals surface area contributed by atoms with Crippen LogP contribution in [-0.4, -0.2) is 12.2 Å². The van der Waals surface area contributed by atoms with Gasteiger partial charge in [0.25, 0.3) is 0 Å². The monoisotopic (exact) mass is 397 g/mol. The Labute approximate surface area is 154 Å². The summed E-state index contributed by atoms with van der Waals surface area (Å²) in [5.41, 5.74) is 0.659. The van der Waals surface area contributed by atoms with Crippen LogP contribution in [0.15, 0.2) is 89.4 Å². The third kappa shape index (κ3) is 5.09. The van der Waals surface area contributed by atoms with Gasteiger partial charge in [-0.3, -0.25) is 4.79 Å². The molecule has 0 bridgehead atoms. The minimum atomic E-state index is -1.12. The van der Waals surface area contributed by atoms with Crippen molar-refractivity contribution in [2.45, 2.75) is 6.29 Å². The smallest absolute Gasteiger partial charge is 0.321 e. The Morgan fingerprint density at radius 3 is 1.72 bits per heavy atom. The summed E-state index contributed by atoms with van der Waals surface area (Å²) in [6.07, 6.45) is -1.12. The molecule has 0 aliphatic heterocycles. The molecule has 3 aromatic rings. The molecule has 3 rings (SSSR count). The molecule has 25 heavy (non-hydrogen) atoms. The zero-order chi connectivity index (χ0) is 17.5. The second-order valence-corrected chi connectivity index (χ2v) is 6.11. The third-order valence-electron chi connectivity index (χ3n) is 3.30. The molecule has 0 heterocycles. The Kier molecular flexibility index (Phi) is 5.69. The van der Waals surface area contributed by atoms with E-state index in [0.717, 1.165) is 4.47 Å². The van der Waals surface area contributed by atoms with E-state index >= 15 is 0 Å². The van der Waals surface area contributed by atoms with Gasteiger partial charge in [-0.15, -0.1) is 0 Å². The summed E-state index contributed by atoms with van der Waals surface area (Å²) >= 11 is 3.37. The highest BCUT2D eigenvalue weighted by atomic mass is 79.9. The Balaban J connectivity index is 1.76. The van der Waals surface area contributed by atoms with E-state index in [1.165, 1.54) is 0 Å². The molecule has 0 unspecified atom stereocenters. The lowest BCUT2D eigenvalue weighted by atomic mass is 10.3. The maximum Gasteiger partial charge on any atom is 0.321 e. The fraction of sp³-hybridized carbons (Fsp3) is 0.0500. The molecule has 0 aliphatic rings. The van der Waals surface area contributed by atoms with Gasteiger partial charge in [0.2, 0.25) is 0 Å². The summed E-state index contributed by atoms with van der Waals surface area (Å²) in [7, 11) is 0. The summed E-state index contributed by atoms with van der Waals surface area (Å²) in [5, 5.41) is 2.80. The summed E-state index contributed by atoms with van der Waals surface area (Å²) < 4.78 is 12.4. The van der Waals surface area contributed by atoms with Crippen LogP contribution in [0.3, 0.4) is 0 Å². The molecule has 5 heteroatoms. The number of nitrogens with one attached hydrogen (secondary N) is 1. The molecule has 126 valence electrons. The maximum absolute atomic E-state index is 12.6. The number of benzene rings is 3. The van der Waals surface area contributed by atoms with E-state index in [-0.39, 0.29) is 0 Å². The molecule has 0 saturated heterocycles. The maximum atomic E-state index is 12.6. The lowest BCUT2D eigenvalue weighted by molar-refractivity contribution is -0.134. The van der Waals surface area contributed by atoms with Crippen molar-refractivity contribution in [2.24, 2.45) is 0 Å². The first-order valence-corrected chi connectivity index (χ1v) is 8.50. The van der Waals surface area contributed by atoms with Gasteiger partial charge in [0, 0.05) is 10.2 Å². The van der Waals surface area contributed by atoms with Gasteiger partial charge in [-0.2, -0.15) is 0 Å². The summed E-state index contributed by atoms with van der Waals surface area (Å²) in [4.78, 5) is 12.6. The average molecular weight is 398 g/mol. The number of amides is 1. The lowest BCUT2D eigenvalue weighted by Gasteiger charge is -2.20. The number of carbonyl (C=O) groups is 1. The largest absolute Gasteiger partial charge is 0.446 e. The number of carbonyl (C=O) groups excluding carboxylic acids is 1. The number of para-hydroxylation sites is 2. The molecule has 0 aromatic heterocycles. The standard InChI is InChI=1S/C20H16BrNO3/c21-15-11-13-16(14-12-15)22-19(23)20(24-17-7-3-1-4-8-17)25-18-9-5-2-6-10-18/h1-14,20H,(H,22,23). The predicted molar refractivity (Wildman–Crippen MR) is 101 cm³/mol. The van der Waals surface area contributed by atoms with Crippen molar-refractivity contribution in [3.8, 4) is 11.5 Å². The van der Waals surface area contributed by atoms with Gasteiger partial charge in [-0.1, -0.05) is 52.3 Å². The summed E-state index contributed by atoms with van der Waals surface area (Å²) in [6.45, 7) is 0. The molecule has 0 radical (unpaired) electrons. The van der Waals surface area contributed by atoms with Crippen molar-refractivity contribution in [1.29, 1.82) is 0 Å². The van der Waals surface area contributed by atoms with Gasteiger partial charge >= 0.3 is 12.2 Å². The third-order valence-corrected chi connectivity index (χ3v) is 3.83. The van der Waals surface area contributed by atoms with E-state index in [4.69, 9.17) is 9.47 Å². The van der Waals surface area contributed by atoms with Crippen LogP contribution in [0, 0.1) is 0 Å². The van der Waals surface area contributed by atoms with Crippen LogP contribution in [0.5, 0.6) is 11.5 Å². The molecule has 3 aromatic carbocycles.